The van der Waals surface area contributed by atoms with Crippen molar-refractivity contribution >= 4 is 28.5 Å². The minimum atomic E-state index is -0.883. The fourth-order valence-electron chi connectivity index (χ4n) is 2.85. The van der Waals surface area contributed by atoms with Crippen LogP contribution in [0.3, 0.4) is 0 Å². The zero-order chi connectivity index (χ0) is 23.7. The summed E-state index contributed by atoms with van der Waals surface area (Å²) < 4.78 is 37.3. The van der Waals surface area contributed by atoms with Crippen LogP contribution in [-0.4, -0.2) is 35.4 Å². The van der Waals surface area contributed by atoms with Crippen LogP contribution in [0.15, 0.2) is 12.1 Å². The van der Waals surface area contributed by atoms with Gasteiger partial charge in [-0.25, -0.2) is 13.6 Å². The van der Waals surface area contributed by atoms with Gasteiger partial charge in [-0.05, 0) is 55.5 Å². The Bertz CT molecular complexity index is 913. The van der Waals surface area contributed by atoms with Crippen molar-refractivity contribution in [3.63, 3.8) is 0 Å². The maximum Gasteiger partial charge on any atom is 0.319 e. The molecule has 0 saturated carbocycles. The largest absolute Gasteiger partial charge is 0.471 e. The van der Waals surface area contributed by atoms with Crippen LogP contribution in [0.4, 0.5) is 18.6 Å². The molecule has 0 atom stereocenters. The second-order valence-electron chi connectivity index (χ2n) is 7.60. The molecule has 32 heavy (non-hydrogen) atoms. The number of primary amides is 1. The zero-order valence-electron chi connectivity index (χ0n) is 18.4. The molecule has 2 aromatic rings. The second-order valence-corrected chi connectivity index (χ2v) is 8.38. The molecular formula is C21H29F2N5O3S. The van der Waals surface area contributed by atoms with Crippen LogP contribution in [0, 0.1) is 18.6 Å². The third-order valence-electron chi connectivity index (χ3n) is 4.46. The van der Waals surface area contributed by atoms with Crippen LogP contribution in [0.1, 0.15) is 54.6 Å². The Morgan fingerprint density at radius 3 is 2.44 bits per heavy atom. The van der Waals surface area contributed by atoms with Gasteiger partial charge < -0.3 is 21.1 Å². The first-order valence-corrected chi connectivity index (χ1v) is 11.1. The van der Waals surface area contributed by atoms with E-state index in [0.717, 1.165) is 37.3 Å². The first-order valence-electron chi connectivity index (χ1n) is 10.3. The molecule has 0 spiro atoms. The molecule has 0 bridgehead atoms. The van der Waals surface area contributed by atoms with Gasteiger partial charge in [0.2, 0.25) is 5.88 Å². The number of benzene rings is 1. The summed E-state index contributed by atoms with van der Waals surface area (Å²) in [6.45, 7) is 6.64. The van der Waals surface area contributed by atoms with Gasteiger partial charge in [0.15, 0.2) is 0 Å². The molecule has 0 radical (unpaired) electrons. The van der Waals surface area contributed by atoms with Gasteiger partial charge in [0, 0.05) is 12.6 Å². The Kier molecular flexibility index (Phi) is 9.79. The van der Waals surface area contributed by atoms with E-state index in [1.807, 2.05) is 0 Å². The van der Waals surface area contributed by atoms with Crippen LogP contribution in [0.5, 0.6) is 5.88 Å². The number of aromatic nitrogens is 1. The predicted octanol–water partition coefficient (Wildman–Crippen LogP) is 3.70. The number of amides is 3. The fourth-order valence-corrected chi connectivity index (χ4v) is 3.59. The third-order valence-corrected chi connectivity index (χ3v) is 5.21. The average molecular weight is 470 g/mol. The molecule has 1 aromatic heterocycles. The normalized spacial score (nSPS) is 10.9. The standard InChI is InChI=1S/C21H29F2N5O3S/c1-12(2)25-7-5-4-6-8-26-21(30)27-20-17(18(24)29)19(28-32-20)31-11-14-15(22)9-13(3)10-16(14)23/h9-10,12,25H,4-8,11H2,1-3H3,(H2,24,29)(H2,26,27,30). The summed E-state index contributed by atoms with van der Waals surface area (Å²) in [7, 11) is 0. The van der Waals surface area contributed by atoms with E-state index in [-0.39, 0.29) is 22.0 Å². The Morgan fingerprint density at radius 1 is 1.16 bits per heavy atom. The average Bonchev–Trinajstić information content (AvgIpc) is 3.08. The number of nitrogens with one attached hydrogen (secondary N) is 3. The molecule has 1 heterocycles. The highest BCUT2D eigenvalue weighted by atomic mass is 32.1. The molecule has 2 rings (SSSR count). The number of ether oxygens (including phenoxy) is 1. The summed E-state index contributed by atoms with van der Waals surface area (Å²) in [5.41, 5.74) is 5.37. The first kappa shape index (κ1) is 25.5. The number of hydrogen-bond acceptors (Lipinski definition) is 6. The number of anilines is 1. The SMILES string of the molecule is Cc1cc(F)c(COc2nsc(NC(=O)NCCCCCNC(C)C)c2C(N)=O)c(F)c1. The summed E-state index contributed by atoms with van der Waals surface area (Å²) in [5.74, 6) is -2.62. The van der Waals surface area contributed by atoms with Gasteiger partial charge >= 0.3 is 6.03 Å². The summed E-state index contributed by atoms with van der Waals surface area (Å²) in [4.78, 5) is 24.0. The molecule has 3 amide bonds. The number of aryl methyl sites for hydroxylation is 1. The third kappa shape index (κ3) is 7.72. The molecule has 0 aliphatic rings. The molecule has 1 aromatic carbocycles. The summed E-state index contributed by atoms with van der Waals surface area (Å²) in [6.07, 6.45) is 2.77. The van der Waals surface area contributed by atoms with Gasteiger partial charge in [-0.15, -0.1) is 0 Å². The molecule has 0 fully saturated rings. The van der Waals surface area contributed by atoms with E-state index in [2.05, 4.69) is 34.2 Å². The van der Waals surface area contributed by atoms with Crippen molar-refractivity contribution in [3.05, 3.63) is 40.5 Å². The van der Waals surface area contributed by atoms with E-state index < -0.39 is 30.2 Å². The van der Waals surface area contributed by atoms with Gasteiger partial charge in [0.05, 0.1) is 5.56 Å². The van der Waals surface area contributed by atoms with E-state index in [1.54, 1.807) is 6.92 Å². The molecule has 8 nitrogen and oxygen atoms in total. The lowest BCUT2D eigenvalue weighted by Gasteiger charge is -2.09. The summed E-state index contributed by atoms with van der Waals surface area (Å²) in [6, 6.07) is 2.28. The van der Waals surface area contributed by atoms with E-state index in [1.165, 1.54) is 12.1 Å². The van der Waals surface area contributed by atoms with E-state index in [4.69, 9.17) is 10.5 Å². The number of urea groups is 1. The number of carbonyl (C=O) groups is 2. The quantitative estimate of drug-likeness (QED) is 0.354. The van der Waals surface area contributed by atoms with E-state index in [0.29, 0.717) is 18.2 Å². The van der Waals surface area contributed by atoms with Crippen molar-refractivity contribution in [2.24, 2.45) is 5.73 Å². The van der Waals surface area contributed by atoms with Gasteiger partial charge in [-0.1, -0.05) is 20.3 Å². The molecular weight excluding hydrogens is 440 g/mol. The number of unbranched alkanes of at least 4 members (excludes halogenated alkanes) is 2. The highest BCUT2D eigenvalue weighted by Gasteiger charge is 2.23. The van der Waals surface area contributed by atoms with Crippen LogP contribution < -0.4 is 26.4 Å². The van der Waals surface area contributed by atoms with E-state index >= 15 is 0 Å². The minimum absolute atomic E-state index is 0.0935. The number of hydrogen-bond donors (Lipinski definition) is 4. The molecule has 0 saturated heterocycles. The minimum Gasteiger partial charge on any atom is -0.471 e. The highest BCUT2D eigenvalue weighted by Crippen LogP contribution is 2.31. The number of rotatable bonds is 12. The molecule has 176 valence electrons. The van der Waals surface area contributed by atoms with Crippen molar-refractivity contribution in [3.8, 4) is 5.88 Å². The summed E-state index contributed by atoms with van der Waals surface area (Å²) >= 11 is 0.788. The lowest BCUT2D eigenvalue weighted by Crippen LogP contribution is -2.30. The van der Waals surface area contributed by atoms with Crippen molar-refractivity contribution in [2.75, 3.05) is 18.4 Å². The lowest BCUT2D eigenvalue weighted by atomic mass is 10.1. The van der Waals surface area contributed by atoms with Gasteiger partial charge in [0.1, 0.15) is 28.8 Å². The number of halogens is 2. The second kappa shape index (κ2) is 12.3. The number of nitrogens with two attached hydrogens (primary N) is 1. The Balaban J connectivity index is 1.90. The predicted molar refractivity (Wildman–Crippen MR) is 120 cm³/mol. The number of carbonyl (C=O) groups excluding carboxylic acids is 2. The topological polar surface area (TPSA) is 118 Å². The van der Waals surface area contributed by atoms with Gasteiger partial charge in [0.25, 0.3) is 5.91 Å². The molecule has 0 aliphatic heterocycles. The Morgan fingerprint density at radius 2 is 1.81 bits per heavy atom. The van der Waals surface area contributed by atoms with Crippen molar-refractivity contribution < 1.29 is 23.1 Å². The van der Waals surface area contributed by atoms with Gasteiger partial charge in [-0.2, -0.15) is 4.37 Å². The maximum absolute atomic E-state index is 14.0. The van der Waals surface area contributed by atoms with Crippen molar-refractivity contribution in [1.82, 2.24) is 15.0 Å². The number of nitrogens with zero attached hydrogens (tertiary/aromatic N) is 1. The van der Waals surface area contributed by atoms with Crippen LogP contribution in [0.25, 0.3) is 0 Å². The van der Waals surface area contributed by atoms with E-state index in [9.17, 15) is 18.4 Å². The smallest absolute Gasteiger partial charge is 0.319 e. The van der Waals surface area contributed by atoms with Crippen molar-refractivity contribution in [1.29, 1.82) is 0 Å². The molecule has 11 heteroatoms. The Hall–Kier alpha value is -2.79. The highest BCUT2D eigenvalue weighted by molar-refractivity contribution is 7.11. The molecule has 5 N–H and O–H groups in total. The molecule has 0 aliphatic carbocycles. The fraction of sp³-hybridized carbons (Fsp3) is 0.476. The van der Waals surface area contributed by atoms with Crippen LogP contribution >= 0.6 is 11.5 Å². The first-order chi connectivity index (χ1) is 15.2. The van der Waals surface area contributed by atoms with Crippen LogP contribution in [0.2, 0.25) is 0 Å². The maximum atomic E-state index is 14.0. The van der Waals surface area contributed by atoms with Crippen molar-refractivity contribution in [2.45, 2.75) is 52.7 Å². The zero-order valence-corrected chi connectivity index (χ0v) is 19.2. The monoisotopic (exact) mass is 469 g/mol. The molecule has 0 unspecified atom stereocenters. The Labute approximate surface area is 190 Å². The summed E-state index contributed by atoms with van der Waals surface area (Å²) in [5, 5.41) is 8.64. The van der Waals surface area contributed by atoms with Crippen LogP contribution in [-0.2, 0) is 6.61 Å². The lowest BCUT2D eigenvalue weighted by molar-refractivity contribution is 0.0996. The van der Waals surface area contributed by atoms with Gasteiger partial charge in [-0.3, -0.25) is 10.1 Å².